The smallest absolute Gasteiger partial charge is 0.343 e. The van der Waals surface area contributed by atoms with Gasteiger partial charge in [-0.15, -0.1) is 0 Å². The predicted molar refractivity (Wildman–Crippen MR) is 104 cm³/mol. The SMILES string of the molecule is Cc1cc(C(=O)N/N=C\c2ccc(OC(=O)c3cccc(Br)c3)cc2)n[nH]1. The zero-order chi connectivity index (χ0) is 19.2. The van der Waals surface area contributed by atoms with Crippen LogP contribution in [0.1, 0.15) is 32.1 Å². The van der Waals surface area contributed by atoms with Gasteiger partial charge in [0.25, 0.3) is 5.91 Å². The van der Waals surface area contributed by atoms with Gasteiger partial charge in [0.2, 0.25) is 0 Å². The molecular weight excluding hydrogens is 412 g/mol. The van der Waals surface area contributed by atoms with Gasteiger partial charge in [0.05, 0.1) is 11.8 Å². The van der Waals surface area contributed by atoms with Crippen LogP contribution in [0.2, 0.25) is 0 Å². The van der Waals surface area contributed by atoms with Gasteiger partial charge in [0.15, 0.2) is 5.69 Å². The standard InChI is InChI=1S/C19H15BrN4O3/c1-12-9-17(23-22-12)18(25)24-21-11-13-5-7-16(8-6-13)27-19(26)14-3-2-4-15(20)10-14/h2-11H,1H3,(H,22,23)(H,24,25)/b21-11-. The summed E-state index contributed by atoms with van der Waals surface area (Å²) in [4.78, 5) is 23.9. The quantitative estimate of drug-likeness (QED) is 0.282. The molecule has 1 heterocycles. The molecule has 1 amide bonds. The van der Waals surface area contributed by atoms with Crippen LogP contribution in [0, 0.1) is 6.92 Å². The van der Waals surface area contributed by atoms with Crippen LogP contribution < -0.4 is 10.2 Å². The number of aromatic amines is 1. The van der Waals surface area contributed by atoms with Crippen molar-refractivity contribution in [3.8, 4) is 5.75 Å². The molecule has 3 rings (SSSR count). The highest BCUT2D eigenvalue weighted by Crippen LogP contribution is 2.16. The lowest BCUT2D eigenvalue weighted by molar-refractivity contribution is 0.0734. The predicted octanol–water partition coefficient (Wildman–Crippen LogP) is 3.46. The van der Waals surface area contributed by atoms with Crippen molar-refractivity contribution in [2.75, 3.05) is 0 Å². The molecule has 0 fully saturated rings. The van der Waals surface area contributed by atoms with Gasteiger partial charge >= 0.3 is 5.97 Å². The topological polar surface area (TPSA) is 96.4 Å². The minimum Gasteiger partial charge on any atom is -0.423 e. The van der Waals surface area contributed by atoms with Crippen molar-refractivity contribution in [3.63, 3.8) is 0 Å². The highest BCUT2D eigenvalue weighted by Gasteiger charge is 2.09. The normalized spacial score (nSPS) is 10.7. The van der Waals surface area contributed by atoms with E-state index >= 15 is 0 Å². The third-order valence-electron chi connectivity index (χ3n) is 3.47. The second kappa shape index (κ2) is 8.41. The fourth-order valence-corrected chi connectivity index (χ4v) is 2.56. The summed E-state index contributed by atoms with van der Waals surface area (Å²) in [6.07, 6.45) is 1.48. The Balaban J connectivity index is 1.57. The first-order valence-corrected chi connectivity index (χ1v) is 8.74. The number of hydrazone groups is 1. The number of nitrogens with zero attached hydrogens (tertiary/aromatic N) is 2. The number of ether oxygens (including phenoxy) is 1. The molecule has 0 unspecified atom stereocenters. The molecule has 8 heteroatoms. The first-order chi connectivity index (χ1) is 13.0. The lowest BCUT2D eigenvalue weighted by Crippen LogP contribution is -2.18. The third kappa shape index (κ3) is 5.11. The average Bonchev–Trinajstić information content (AvgIpc) is 3.09. The monoisotopic (exact) mass is 426 g/mol. The van der Waals surface area contributed by atoms with E-state index in [1.807, 2.05) is 6.07 Å². The Bertz CT molecular complexity index is 996. The maximum atomic E-state index is 12.1. The number of aromatic nitrogens is 2. The molecule has 7 nitrogen and oxygen atoms in total. The molecular formula is C19H15BrN4O3. The minimum atomic E-state index is -0.445. The van der Waals surface area contributed by atoms with Crippen LogP contribution in [0.25, 0.3) is 0 Å². The molecule has 136 valence electrons. The molecule has 2 N–H and O–H groups in total. The van der Waals surface area contributed by atoms with Crippen LogP contribution in [0.15, 0.2) is 64.2 Å². The molecule has 0 saturated heterocycles. The zero-order valence-electron chi connectivity index (χ0n) is 14.3. The van der Waals surface area contributed by atoms with Crippen molar-refractivity contribution in [2.45, 2.75) is 6.92 Å². The number of benzene rings is 2. The van der Waals surface area contributed by atoms with Crippen molar-refractivity contribution in [1.82, 2.24) is 15.6 Å². The van der Waals surface area contributed by atoms with Crippen molar-refractivity contribution in [2.24, 2.45) is 5.10 Å². The van der Waals surface area contributed by atoms with Crippen LogP contribution in [-0.2, 0) is 0 Å². The third-order valence-corrected chi connectivity index (χ3v) is 3.96. The number of esters is 1. The van der Waals surface area contributed by atoms with Gasteiger partial charge in [-0.2, -0.15) is 10.2 Å². The van der Waals surface area contributed by atoms with E-state index in [1.54, 1.807) is 55.5 Å². The molecule has 0 aliphatic rings. The molecule has 0 radical (unpaired) electrons. The maximum absolute atomic E-state index is 12.1. The van der Waals surface area contributed by atoms with Gasteiger partial charge in [0, 0.05) is 10.2 Å². The van der Waals surface area contributed by atoms with Crippen LogP contribution in [0.3, 0.4) is 0 Å². The molecule has 0 aliphatic heterocycles. The summed E-state index contributed by atoms with van der Waals surface area (Å²) in [5.74, 6) is -0.442. The van der Waals surface area contributed by atoms with E-state index in [2.05, 4.69) is 36.7 Å². The molecule has 2 aromatic carbocycles. The number of amides is 1. The Labute approximate surface area is 163 Å². The van der Waals surface area contributed by atoms with Gasteiger partial charge in [-0.3, -0.25) is 9.89 Å². The molecule has 0 atom stereocenters. The molecule has 0 bridgehead atoms. The van der Waals surface area contributed by atoms with Crippen molar-refractivity contribution >= 4 is 34.0 Å². The summed E-state index contributed by atoms with van der Waals surface area (Å²) in [5.41, 5.74) is 4.63. The van der Waals surface area contributed by atoms with E-state index in [-0.39, 0.29) is 5.69 Å². The Morgan fingerprint density at radius 2 is 1.96 bits per heavy atom. The fraction of sp³-hybridized carbons (Fsp3) is 0.0526. The zero-order valence-corrected chi connectivity index (χ0v) is 15.9. The van der Waals surface area contributed by atoms with Gasteiger partial charge in [0.1, 0.15) is 5.75 Å². The number of carbonyl (C=O) groups excluding carboxylic acids is 2. The fourth-order valence-electron chi connectivity index (χ4n) is 2.16. The van der Waals surface area contributed by atoms with E-state index in [1.165, 1.54) is 6.21 Å². The summed E-state index contributed by atoms with van der Waals surface area (Å²) >= 11 is 3.32. The Kier molecular flexibility index (Phi) is 5.77. The molecule has 1 aromatic heterocycles. The lowest BCUT2D eigenvalue weighted by Gasteiger charge is -2.05. The van der Waals surface area contributed by atoms with Crippen molar-refractivity contribution < 1.29 is 14.3 Å². The minimum absolute atomic E-state index is 0.263. The number of carbonyl (C=O) groups is 2. The summed E-state index contributed by atoms with van der Waals surface area (Å²) in [7, 11) is 0. The van der Waals surface area contributed by atoms with E-state index in [4.69, 9.17) is 4.74 Å². The van der Waals surface area contributed by atoms with Gasteiger partial charge in [-0.25, -0.2) is 10.2 Å². The number of hydrogen-bond donors (Lipinski definition) is 2. The first kappa shape index (κ1) is 18.5. The van der Waals surface area contributed by atoms with E-state index in [0.29, 0.717) is 11.3 Å². The summed E-state index contributed by atoms with van der Waals surface area (Å²) in [6, 6.07) is 15.3. The molecule has 27 heavy (non-hydrogen) atoms. The Morgan fingerprint density at radius 3 is 2.63 bits per heavy atom. The van der Waals surface area contributed by atoms with Crippen LogP contribution in [0.4, 0.5) is 0 Å². The number of H-pyrrole nitrogens is 1. The second-order valence-corrected chi connectivity index (χ2v) is 6.52. The van der Waals surface area contributed by atoms with Gasteiger partial charge in [-0.1, -0.05) is 22.0 Å². The highest BCUT2D eigenvalue weighted by molar-refractivity contribution is 9.10. The van der Waals surface area contributed by atoms with Gasteiger partial charge in [-0.05, 0) is 61.0 Å². The van der Waals surface area contributed by atoms with E-state index in [9.17, 15) is 9.59 Å². The lowest BCUT2D eigenvalue weighted by atomic mass is 10.2. The number of aryl methyl sites for hydroxylation is 1. The van der Waals surface area contributed by atoms with E-state index < -0.39 is 11.9 Å². The first-order valence-electron chi connectivity index (χ1n) is 7.94. The van der Waals surface area contributed by atoms with E-state index in [0.717, 1.165) is 15.7 Å². The Morgan fingerprint density at radius 1 is 1.19 bits per heavy atom. The molecule has 0 aliphatic carbocycles. The number of nitrogens with one attached hydrogen (secondary N) is 2. The molecule has 3 aromatic rings. The molecule has 0 saturated carbocycles. The van der Waals surface area contributed by atoms with Gasteiger partial charge < -0.3 is 4.74 Å². The summed E-state index contributed by atoms with van der Waals surface area (Å²) in [5, 5.41) is 10.4. The number of hydrogen-bond acceptors (Lipinski definition) is 5. The van der Waals surface area contributed by atoms with Crippen molar-refractivity contribution in [1.29, 1.82) is 0 Å². The second-order valence-electron chi connectivity index (χ2n) is 5.60. The summed E-state index contributed by atoms with van der Waals surface area (Å²) < 4.78 is 6.13. The Hall–Kier alpha value is -3.26. The largest absolute Gasteiger partial charge is 0.423 e. The average molecular weight is 427 g/mol. The summed E-state index contributed by atoms with van der Waals surface area (Å²) in [6.45, 7) is 1.80. The van der Waals surface area contributed by atoms with Crippen molar-refractivity contribution in [3.05, 3.63) is 81.6 Å². The number of rotatable bonds is 5. The molecule has 0 spiro atoms. The highest BCUT2D eigenvalue weighted by atomic mass is 79.9. The van der Waals surface area contributed by atoms with Crippen LogP contribution >= 0.6 is 15.9 Å². The maximum Gasteiger partial charge on any atom is 0.343 e. The van der Waals surface area contributed by atoms with Crippen LogP contribution in [0.5, 0.6) is 5.75 Å². The van der Waals surface area contributed by atoms with Crippen LogP contribution in [-0.4, -0.2) is 28.3 Å². The number of halogens is 1.